The molecule has 2 aromatic carbocycles. The smallest absolute Gasteiger partial charge is 0.123 e. The molecule has 21 heavy (non-hydrogen) atoms. The second-order valence-corrected chi connectivity index (χ2v) is 5.32. The first-order chi connectivity index (χ1) is 10.3. The van der Waals surface area contributed by atoms with E-state index in [1.54, 1.807) is 4.68 Å². The number of aromatic nitrogens is 3. The number of para-hydroxylation sites is 1. The Morgan fingerprint density at radius 1 is 1.00 bits per heavy atom. The second kappa shape index (κ2) is 4.45. The third kappa shape index (κ3) is 1.76. The largest absolute Gasteiger partial charge is 0.370 e. The Labute approximate surface area is 123 Å². The molecule has 2 heterocycles. The Hall–Kier alpha value is -2.62. The summed E-state index contributed by atoms with van der Waals surface area (Å²) in [5.74, 6) is 0. The number of hydrogen-bond donors (Lipinski definition) is 0. The highest BCUT2D eigenvalue weighted by atomic mass is 15.4. The van der Waals surface area contributed by atoms with Gasteiger partial charge in [-0.25, -0.2) is 4.68 Å². The number of hydrogen-bond acceptors (Lipinski definition) is 3. The van der Waals surface area contributed by atoms with E-state index in [4.69, 9.17) is 0 Å². The minimum Gasteiger partial charge on any atom is -0.370 e. The molecular formula is C17H15N4. The van der Waals surface area contributed by atoms with Gasteiger partial charge in [0.25, 0.3) is 0 Å². The van der Waals surface area contributed by atoms with E-state index in [0.717, 1.165) is 34.7 Å². The van der Waals surface area contributed by atoms with E-state index < -0.39 is 0 Å². The summed E-state index contributed by atoms with van der Waals surface area (Å²) in [4.78, 5) is 2.25. The lowest BCUT2D eigenvalue weighted by molar-refractivity contribution is 0.804. The Morgan fingerprint density at radius 3 is 2.57 bits per heavy atom. The molecule has 103 valence electrons. The van der Waals surface area contributed by atoms with Crippen molar-refractivity contribution in [2.45, 2.75) is 6.54 Å². The van der Waals surface area contributed by atoms with Crippen molar-refractivity contribution in [1.29, 1.82) is 0 Å². The average Bonchev–Trinajstić information content (AvgIpc) is 2.88. The summed E-state index contributed by atoms with van der Waals surface area (Å²) in [5, 5.41) is 8.50. The van der Waals surface area contributed by atoms with Crippen molar-refractivity contribution in [2.24, 2.45) is 0 Å². The van der Waals surface area contributed by atoms with Crippen molar-refractivity contribution in [3.63, 3.8) is 0 Å². The van der Waals surface area contributed by atoms with Crippen molar-refractivity contribution in [2.75, 3.05) is 11.9 Å². The molecule has 0 amide bonds. The van der Waals surface area contributed by atoms with Crippen LogP contribution in [0.4, 0.5) is 5.69 Å². The van der Waals surface area contributed by atoms with Crippen molar-refractivity contribution in [3.05, 3.63) is 61.1 Å². The quantitative estimate of drug-likeness (QED) is 0.632. The molecule has 0 N–H and O–H groups in total. The fraction of sp³-hybridized carbons (Fsp3) is 0.118. The molecule has 1 aliphatic rings. The van der Waals surface area contributed by atoms with E-state index in [-0.39, 0.29) is 0 Å². The van der Waals surface area contributed by atoms with Gasteiger partial charge in [-0.2, -0.15) is 0 Å². The van der Waals surface area contributed by atoms with E-state index in [1.165, 1.54) is 5.56 Å². The van der Waals surface area contributed by atoms with Gasteiger partial charge in [0.05, 0.1) is 12.7 Å². The molecular weight excluding hydrogens is 260 g/mol. The van der Waals surface area contributed by atoms with Crippen LogP contribution in [0.25, 0.3) is 22.5 Å². The first-order valence-electron chi connectivity index (χ1n) is 6.91. The Morgan fingerprint density at radius 2 is 1.71 bits per heavy atom. The molecule has 0 saturated carbocycles. The van der Waals surface area contributed by atoms with Crippen LogP contribution in [0.2, 0.25) is 0 Å². The summed E-state index contributed by atoms with van der Waals surface area (Å²) in [5.41, 5.74) is 6.52. The lowest BCUT2D eigenvalue weighted by Gasteiger charge is -2.26. The number of fused-ring (bicyclic) bond motifs is 5. The molecule has 0 bridgehead atoms. The molecule has 1 aliphatic heterocycles. The molecule has 4 heteroatoms. The van der Waals surface area contributed by atoms with Crippen molar-refractivity contribution >= 4 is 5.69 Å². The summed E-state index contributed by atoms with van der Waals surface area (Å²) < 4.78 is 1.62. The number of anilines is 1. The van der Waals surface area contributed by atoms with Crippen LogP contribution >= 0.6 is 0 Å². The Balaban J connectivity index is 2.11. The highest BCUT2D eigenvalue weighted by molar-refractivity contribution is 5.87. The molecule has 1 aromatic heterocycles. The monoisotopic (exact) mass is 275 g/mol. The third-order valence-corrected chi connectivity index (χ3v) is 3.99. The van der Waals surface area contributed by atoms with Gasteiger partial charge in [-0.3, -0.25) is 0 Å². The summed E-state index contributed by atoms with van der Waals surface area (Å²) in [6.07, 6.45) is 0. The Kier molecular flexibility index (Phi) is 2.57. The zero-order chi connectivity index (χ0) is 14.4. The minimum atomic E-state index is 0.845. The highest BCUT2D eigenvalue weighted by Gasteiger charge is 2.23. The SMILES string of the molecule is [CH2]n1nnc2c1-c1ccccc1CN(C)c1ccccc1-2. The number of benzene rings is 2. The van der Waals surface area contributed by atoms with Crippen LogP contribution in [0.1, 0.15) is 5.56 Å². The molecule has 4 rings (SSSR count). The zero-order valence-electron chi connectivity index (χ0n) is 11.8. The van der Waals surface area contributed by atoms with Crippen LogP contribution in [-0.4, -0.2) is 22.0 Å². The van der Waals surface area contributed by atoms with Gasteiger partial charge in [-0.1, -0.05) is 47.7 Å². The van der Waals surface area contributed by atoms with Gasteiger partial charge in [0.2, 0.25) is 0 Å². The Bertz CT molecular complexity index is 819. The topological polar surface area (TPSA) is 34.0 Å². The van der Waals surface area contributed by atoms with Gasteiger partial charge in [0.15, 0.2) is 0 Å². The van der Waals surface area contributed by atoms with Crippen LogP contribution in [0.5, 0.6) is 0 Å². The van der Waals surface area contributed by atoms with Gasteiger partial charge in [-0.05, 0) is 11.6 Å². The van der Waals surface area contributed by atoms with Crippen LogP contribution in [0.3, 0.4) is 0 Å². The lowest BCUT2D eigenvalue weighted by atomic mass is 9.96. The fourth-order valence-corrected chi connectivity index (χ4v) is 3.00. The van der Waals surface area contributed by atoms with Crippen LogP contribution < -0.4 is 4.90 Å². The van der Waals surface area contributed by atoms with Crippen molar-refractivity contribution in [3.8, 4) is 22.5 Å². The summed E-state index contributed by atoms with van der Waals surface area (Å²) in [7, 11) is 6.09. The highest BCUT2D eigenvalue weighted by Crippen LogP contribution is 2.39. The van der Waals surface area contributed by atoms with Crippen molar-refractivity contribution in [1.82, 2.24) is 15.0 Å². The van der Waals surface area contributed by atoms with Crippen LogP contribution in [-0.2, 0) is 6.54 Å². The molecule has 0 spiro atoms. The molecule has 0 saturated heterocycles. The minimum absolute atomic E-state index is 0.845. The van der Waals surface area contributed by atoms with Gasteiger partial charge in [-0.15, -0.1) is 5.10 Å². The van der Waals surface area contributed by atoms with E-state index in [0.29, 0.717) is 0 Å². The summed E-state index contributed by atoms with van der Waals surface area (Å²) >= 11 is 0. The van der Waals surface area contributed by atoms with E-state index in [9.17, 15) is 0 Å². The van der Waals surface area contributed by atoms with Crippen LogP contribution in [0, 0.1) is 7.05 Å². The molecule has 0 unspecified atom stereocenters. The maximum atomic E-state index is 4.36. The standard InChI is InChI=1S/C17H15N4/c1-20-11-12-7-3-4-8-13(12)17-16(18-19-21(17)2)14-9-5-6-10-15(14)20/h3-10H,2,11H2,1H3. The van der Waals surface area contributed by atoms with E-state index >= 15 is 0 Å². The number of rotatable bonds is 0. The van der Waals surface area contributed by atoms with Gasteiger partial charge < -0.3 is 4.90 Å². The molecule has 0 aliphatic carbocycles. The van der Waals surface area contributed by atoms with Crippen LogP contribution in [0.15, 0.2) is 48.5 Å². The van der Waals surface area contributed by atoms with Gasteiger partial charge in [0, 0.05) is 30.4 Å². The summed E-state index contributed by atoms with van der Waals surface area (Å²) in [6.45, 7) is 0.845. The average molecular weight is 275 g/mol. The molecule has 3 aromatic rings. The summed E-state index contributed by atoms with van der Waals surface area (Å²) in [6, 6.07) is 16.7. The lowest BCUT2D eigenvalue weighted by Crippen LogP contribution is -2.19. The second-order valence-electron chi connectivity index (χ2n) is 5.32. The molecule has 4 nitrogen and oxygen atoms in total. The van der Waals surface area contributed by atoms with E-state index in [1.807, 2.05) is 12.1 Å². The zero-order valence-corrected chi connectivity index (χ0v) is 11.8. The fourth-order valence-electron chi connectivity index (χ4n) is 3.00. The van der Waals surface area contributed by atoms with E-state index in [2.05, 4.69) is 65.7 Å². The maximum absolute atomic E-state index is 4.36. The van der Waals surface area contributed by atoms with Gasteiger partial charge in [0.1, 0.15) is 5.69 Å². The first kappa shape index (κ1) is 12.1. The molecule has 0 fully saturated rings. The predicted octanol–water partition coefficient (Wildman–Crippen LogP) is 3.20. The van der Waals surface area contributed by atoms with Crippen molar-refractivity contribution < 1.29 is 0 Å². The predicted molar refractivity (Wildman–Crippen MR) is 83.8 cm³/mol. The number of nitrogens with zero attached hydrogens (tertiary/aromatic N) is 4. The first-order valence-corrected chi connectivity index (χ1v) is 6.91. The molecule has 0 atom stereocenters. The van der Waals surface area contributed by atoms with Gasteiger partial charge >= 0.3 is 0 Å². The third-order valence-electron chi connectivity index (χ3n) is 3.99. The maximum Gasteiger partial charge on any atom is 0.123 e. The molecule has 1 radical (unpaired) electrons. The normalized spacial score (nSPS) is 13.0.